The highest BCUT2D eigenvalue weighted by molar-refractivity contribution is 9.10. The summed E-state index contributed by atoms with van der Waals surface area (Å²) in [7, 11) is 0. The van der Waals surface area contributed by atoms with Crippen molar-refractivity contribution >= 4 is 27.5 Å². The molecule has 2 rings (SSSR count). The average molecular weight is 332 g/mol. The Morgan fingerprint density at radius 2 is 2.06 bits per heavy atom. The predicted molar refractivity (Wildman–Crippen MR) is 72.4 cm³/mol. The zero-order valence-corrected chi connectivity index (χ0v) is 12.0. The van der Waals surface area contributed by atoms with Gasteiger partial charge in [-0.25, -0.2) is 9.37 Å². The lowest BCUT2D eigenvalue weighted by Gasteiger charge is -2.08. The van der Waals surface area contributed by atoms with Gasteiger partial charge in [0.2, 0.25) is 0 Å². The summed E-state index contributed by atoms with van der Waals surface area (Å²) >= 11 is 8.97. The van der Waals surface area contributed by atoms with E-state index in [-0.39, 0.29) is 16.1 Å². The Morgan fingerprint density at radius 1 is 1.39 bits per heavy atom. The zero-order valence-electron chi connectivity index (χ0n) is 9.64. The Labute approximate surface area is 116 Å². The first-order valence-electron chi connectivity index (χ1n) is 5.13. The fourth-order valence-electron chi connectivity index (χ4n) is 1.62. The Kier molecular flexibility index (Phi) is 3.54. The summed E-state index contributed by atoms with van der Waals surface area (Å²) in [5.41, 5.74) is 0.604. The summed E-state index contributed by atoms with van der Waals surface area (Å²) in [4.78, 5) is 18.4. The van der Waals surface area contributed by atoms with Crippen LogP contribution in [0.2, 0.25) is 5.02 Å². The van der Waals surface area contributed by atoms with E-state index in [0.717, 1.165) is 0 Å². The number of nitrogens with zero attached hydrogens (tertiary/aromatic N) is 1. The largest absolute Gasteiger partial charge is 0.311 e. The molecular formula is C12H9BrClFN2O. The monoisotopic (exact) mass is 330 g/mol. The molecule has 0 aliphatic rings. The van der Waals surface area contributed by atoms with Crippen molar-refractivity contribution in [2.75, 3.05) is 0 Å². The van der Waals surface area contributed by atoms with Crippen LogP contribution in [0.1, 0.15) is 11.4 Å². The molecule has 18 heavy (non-hydrogen) atoms. The second kappa shape index (κ2) is 4.82. The minimum absolute atomic E-state index is 0.0216. The average Bonchev–Trinajstić information content (AvgIpc) is 2.31. The fourth-order valence-corrected chi connectivity index (χ4v) is 2.09. The SMILES string of the molecule is Cc1nc(-c2ccc(Br)c(Cl)c2F)c(C)c(=O)[nH]1. The number of hydrogen-bond donors (Lipinski definition) is 1. The highest BCUT2D eigenvalue weighted by Crippen LogP contribution is 2.32. The van der Waals surface area contributed by atoms with Crippen LogP contribution in [0.3, 0.4) is 0 Å². The molecule has 94 valence electrons. The van der Waals surface area contributed by atoms with Crippen LogP contribution in [0, 0.1) is 19.7 Å². The van der Waals surface area contributed by atoms with E-state index < -0.39 is 5.82 Å². The van der Waals surface area contributed by atoms with E-state index in [1.54, 1.807) is 26.0 Å². The number of hydrogen-bond acceptors (Lipinski definition) is 2. The van der Waals surface area contributed by atoms with E-state index in [1.807, 2.05) is 0 Å². The van der Waals surface area contributed by atoms with Crippen molar-refractivity contribution in [1.29, 1.82) is 0 Å². The van der Waals surface area contributed by atoms with E-state index in [0.29, 0.717) is 21.6 Å². The number of halogens is 3. The number of aromatic nitrogens is 2. The van der Waals surface area contributed by atoms with Gasteiger partial charge in [0.1, 0.15) is 5.82 Å². The van der Waals surface area contributed by atoms with E-state index in [4.69, 9.17) is 11.6 Å². The molecule has 0 unspecified atom stereocenters. The van der Waals surface area contributed by atoms with Gasteiger partial charge in [-0.1, -0.05) is 11.6 Å². The minimum Gasteiger partial charge on any atom is -0.311 e. The molecule has 0 saturated carbocycles. The second-order valence-corrected chi connectivity index (χ2v) is 5.08. The Balaban J connectivity index is 2.78. The van der Waals surface area contributed by atoms with Crippen LogP contribution >= 0.6 is 27.5 Å². The van der Waals surface area contributed by atoms with Crippen molar-refractivity contribution in [1.82, 2.24) is 9.97 Å². The number of rotatable bonds is 1. The van der Waals surface area contributed by atoms with E-state index >= 15 is 0 Å². The first-order chi connectivity index (χ1) is 8.41. The van der Waals surface area contributed by atoms with Gasteiger partial charge in [-0.2, -0.15) is 0 Å². The molecule has 0 aliphatic heterocycles. The van der Waals surface area contributed by atoms with Gasteiger partial charge in [0.15, 0.2) is 5.82 Å². The van der Waals surface area contributed by atoms with Crippen LogP contribution in [0.15, 0.2) is 21.4 Å². The Morgan fingerprint density at radius 3 is 2.72 bits per heavy atom. The highest BCUT2D eigenvalue weighted by Gasteiger charge is 2.16. The van der Waals surface area contributed by atoms with Crippen molar-refractivity contribution in [2.24, 2.45) is 0 Å². The van der Waals surface area contributed by atoms with Gasteiger partial charge in [-0.05, 0) is 41.9 Å². The number of benzene rings is 1. The molecule has 1 aromatic carbocycles. The molecule has 1 N–H and O–H groups in total. The second-order valence-electron chi connectivity index (χ2n) is 3.85. The number of nitrogens with one attached hydrogen (secondary N) is 1. The molecule has 1 aromatic heterocycles. The first-order valence-corrected chi connectivity index (χ1v) is 6.30. The van der Waals surface area contributed by atoms with Gasteiger partial charge in [0.05, 0.1) is 10.7 Å². The van der Waals surface area contributed by atoms with Crippen molar-refractivity contribution in [2.45, 2.75) is 13.8 Å². The van der Waals surface area contributed by atoms with Gasteiger partial charge in [-0.3, -0.25) is 4.79 Å². The minimum atomic E-state index is -0.591. The third kappa shape index (κ3) is 2.20. The molecule has 0 spiro atoms. The summed E-state index contributed by atoms with van der Waals surface area (Å²) in [5.74, 6) is -0.161. The fraction of sp³-hybridized carbons (Fsp3) is 0.167. The third-order valence-electron chi connectivity index (χ3n) is 2.56. The van der Waals surface area contributed by atoms with Crippen molar-refractivity contribution in [3.8, 4) is 11.3 Å². The van der Waals surface area contributed by atoms with Gasteiger partial charge in [-0.15, -0.1) is 0 Å². The van der Waals surface area contributed by atoms with E-state index in [9.17, 15) is 9.18 Å². The lowest BCUT2D eigenvalue weighted by Crippen LogP contribution is -2.14. The molecule has 3 nitrogen and oxygen atoms in total. The molecule has 0 aliphatic carbocycles. The summed E-state index contributed by atoms with van der Waals surface area (Å²) in [6.45, 7) is 3.23. The molecule has 6 heteroatoms. The number of aryl methyl sites for hydroxylation is 1. The predicted octanol–water partition coefficient (Wildman–Crippen LogP) is 3.61. The normalized spacial score (nSPS) is 10.7. The maximum Gasteiger partial charge on any atom is 0.254 e. The molecule has 0 fully saturated rings. The summed E-state index contributed by atoms with van der Waals surface area (Å²) in [6, 6.07) is 3.16. The molecule has 1 heterocycles. The molecule has 0 amide bonds. The van der Waals surface area contributed by atoms with Crippen LogP contribution < -0.4 is 5.56 Å². The summed E-state index contributed by atoms with van der Waals surface area (Å²) in [5, 5.41) is -0.0216. The van der Waals surface area contributed by atoms with Gasteiger partial charge in [0.25, 0.3) is 5.56 Å². The van der Waals surface area contributed by atoms with Crippen LogP contribution in [-0.2, 0) is 0 Å². The third-order valence-corrected chi connectivity index (χ3v) is 3.82. The summed E-state index contributed by atoms with van der Waals surface area (Å²) < 4.78 is 14.5. The maximum absolute atomic E-state index is 14.1. The highest BCUT2D eigenvalue weighted by atomic mass is 79.9. The van der Waals surface area contributed by atoms with E-state index in [1.165, 1.54) is 0 Å². The van der Waals surface area contributed by atoms with Crippen LogP contribution in [0.5, 0.6) is 0 Å². The topological polar surface area (TPSA) is 45.8 Å². The van der Waals surface area contributed by atoms with Crippen LogP contribution in [-0.4, -0.2) is 9.97 Å². The summed E-state index contributed by atoms with van der Waals surface area (Å²) in [6.07, 6.45) is 0. The number of H-pyrrole nitrogens is 1. The Hall–Kier alpha value is -1.20. The Bertz CT molecular complexity index is 685. The van der Waals surface area contributed by atoms with Gasteiger partial charge >= 0.3 is 0 Å². The lowest BCUT2D eigenvalue weighted by molar-refractivity contribution is 0.630. The maximum atomic E-state index is 14.1. The zero-order chi connectivity index (χ0) is 13.4. The van der Waals surface area contributed by atoms with E-state index in [2.05, 4.69) is 25.9 Å². The van der Waals surface area contributed by atoms with Crippen LogP contribution in [0.4, 0.5) is 4.39 Å². The molecule has 2 aromatic rings. The molecule has 0 bridgehead atoms. The standard InChI is InChI=1S/C12H9BrClFN2O/c1-5-11(16-6(2)17-12(5)18)7-3-4-8(13)9(14)10(7)15/h3-4H,1-2H3,(H,16,17,18). The van der Waals surface area contributed by atoms with Crippen molar-refractivity contribution in [3.63, 3.8) is 0 Å². The molecule has 0 saturated heterocycles. The smallest absolute Gasteiger partial charge is 0.254 e. The number of aromatic amines is 1. The van der Waals surface area contributed by atoms with Gasteiger partial charge in [0, 0.05) is 15.6 Å². The van der Waals surface area contributed by atoms with Gasteiger partial charge < -0.3 is 4.98 Å². The first kappa shape index (κ1) is 13.2. The van der Waals surface area contributed by atoms with Crippen molar-refractivity contribution in [3.05, 3.63) is 49.2 Å². The van der Waals surface area contributed by atoms with Crippen LogP contribution in [0.25, 0.3) is 11.3 Å². The lowest BCUT2D eigenvalue weighted by atomic mass is 10.1. The molecule has 0 radical (unpaired) electrons. The molecule has 0 atom stereocenters. The molecular weight excluding hydrogens is 323 g/mol. The quantitative estimate of drug-likeness (QED) is 0.811. The van der Waals surface area contributed by atoms with Crippen molar-refractivity contribution < 1.29 is 4.39 Å².